The summed E-state index contributed by atoms with van der Waals surface area (Å²) in [4.78, 5) is 15.6. The molecule has 4 heteroatoms. The number of hydrogen-bond donors (Lipinski definition) is 2. The van der Waals surface area contributed by atoms with Crippen LogP contribution in [0.2, 0.25) is 0 Å². The molecule has 2 N–H and O–H groups in total. The summed E-state index contributed by atoms with van der Waals surface area (Å²) in [7, 11) is 0. The van der Waals surface area contributed by atoms with Crippen molar-refractivity contribution in [3.05, 3.63) is 30.1 Å². The van der Waals surface area contributed by atoms with Gasteiger partial charge in [-0.1, -0.05) is 19.9 Å². The molecule has 1 atom stereocenters. The first-order chi connectivity index (χ1) is 8.13. The van der Waals surface area contributed by atoms with Crippen LogP contribution < -0.4 is 5.32 Å². The Hall–Kier alpha value is -1.42. The van der Waals surface area contributed by atoms with E-state index in [2.05, 4.69) is 10.3 Å². The number of nitrogens with zero attached hydrogens (tertiary/aromatic N) is 1. The molecule has 4 nitrogen and oxygen atoms in total. The Morgan fingerprint density at radius 2 is 2.29 bits per heavy atom. The van der Waals surface area contributed by atoms with Crippen LogP contribution in [0.3, 0.4) is 0 Å². The molecule has 0 saturated carbocycles. The van der Waals surface area contributed by atoms with Crippen molar-refractivity contribution in [1.82, 2.24) is 10.3 Å². The topological polar surface area (TPSA) is 62.2 Å². The van der Waals surface area contributed by atoms with Crippen molar-refractivity contribution < 1.29 is 9.90 Å². The van der Waals surface area contributed by atoms with Gasteiger partial charge < -0.3 is 10.4 Å². The number of carbonyl (C=O) groups is 1. The van der Waals surface area contributed by atoms with E-state index in [4.69, 9.17) is 5.11 Å². The molecule has 1 heterocycles. The number of hydrogen-bond acceptors (Lipinski definition) is 3. The van der Waals surface area contributed by atoms with Gasteiger partial charge in [0.05, 0.1) is 12.6 Å². The van der Waals surface area contributed by atoms with Crippen LogP contribution in [0, 0.1) is 5.92 Å². The van der Waals surface area contributed by atoms with Crippen LogP contribution >= 0.6 is 0 Å². The van der Waals surface area contributed by atoms with E-state index in [1.807, 2.05) is 26.0 Å². The van der Waals surface area contributed by atoms with E-state index >= 15 is 0 Å². The van der Waals surface area contributed by atoms with E-state index in [0.29, 0.717) is 12.8 Å². The minimum absolute atomic E-state index is 0.0176. The smallest absolute Gasteiger partial charge is 0.220 e. The monoisotopic (exact) mass is 236 g/mol. The molecule has 0 fully saturated rings. The molecular weight excluding hydrogens is 216 g/mol. The van der Waals surface area contributed by atoms with Crippen molar-refractivity contribution in [2.45, 2.75) is 32.7 Å². The lowest BCUT2D eigenvalue weighted by Crippen LogP contribution is -2.41. The fraction of sp³-hybridized carbons (Fsp3) is 0.538. The van der Waals surface area contributed by atoms with Crippen LogP contribution in [-0.4, -0.2) is 28.6 Å². The highest BCUT2D eigenvalue weighted by Crippen LogP contribution is 2.03. The highest BCUT2D eigenvalue weighted by atomic mass is 16.3. The van der Waals surface area contributed by atoms with Crippen molar-refractivity contribution in [3.63, 3.8) is 0 Å². The molecule has 0 aliphatic carbocycles. The summed E-state index contributed by atoms with van der Waals surface area (Å²) < 4.78 is 0. The third-order valence-corrected chi connectivity index (χ3v) is 2.71. The van der Waals surface area contributed by atoms with Crippen molar-refractivity contribution in [1.29, 1.82) is 0 Å². The summed E-state index contributed by atoms with van der Waals surface area (Å²) in [5.41, 5.74) is 1.05. The zero-order valence-electron chi connectivity index (χ0n) is 10.4. The van der Waals surface area contributed by atoms with E-state index < -0.39 is 0 Å². The number of amides is 1. The van der Waals surface area contributed by atoms with Crippen LogP contribution in [0.5, 0.6) is 0 Å². The van der Waals surface area contributed by atoms with Gasteiger partial charge in [-0.05, 0) is 24.0 Å². The molecule has 0 radical (unpaired) electrons. The molecule has 0 aliphatic heterocycles. The fourth-order valence-electron chi connectivity index (χ4n) is 1.51. The molecule has 17 heavy (non-hydrogen) atoms. The first-order valence-electron chi connectivity index (χ1n) is 5.92. The lowest BCUT2D eigenvalue weighted by Gasteiger charge is -2.19. The third-order valence-electron chi connectivity index (χ3n) is 2.71. The third kappa shape index (κ3) is 4.95. The number of carbonyl (C=O) groups excluding carboxylic acids is 1. The molecular formula is C13H20N2O2. The van der Waals surface area contributed by atoms with E-state index in [1.165, 1.54) is 0 Å². The van der Waals surface area contributed by atoms with E-state index in [9.17, 15) is 4.79 Å². The van der Waals surface area contributed by atoms with Gasteiger partial charge in [-0.2, -0.15) is 0 Å². The van der Waals surface area contributed by atoms with Gasteiger partial charge in [-0.25, -0.2) is 0 Å². The standard InChI is InChI=1S/C13H20N2O2/c1-10(2)12(9-16)15-13(17)6-5-11-4-3-7-14-8-11/h3-4,7-8,10,12,16H,5-6,9H2,1-2H3,(H,15,17). The summed E-state index contributed by atoms with van der Waals surface area (Å²) in [6.07, 6.45) is 4.58. The molecule has 0 bridgehead atoms. The van der Waals surface area contributed by atoms with E-state index in [0.717, 1.165) is 5.56 Å². The van der Waals surface area contributed by atoms with Crippen LogP contribution in [0.15, 0.2) is 24.5 Å². The lowest BCUT2D eigenvalue weighted by atomic mass is 10.0. The molecule has 1 amide bonds. The second-order valence-electron chi connectivity index (χ2n) is 4.46. The number of aliphatic hydroxyl groups excluding tert-OH is 1. The van der Waals surface area contributed by atoms with Crippen LogP contribution in [0.1, 0.15) is 25.8 Å². The second kappa shape index (κ2) is 7.01. The lowest BCUT2D eigenvalue weighted by molar-refractivity contribution is -0.122. The number of nitrogens with one attached hydrogen (secondary N) is 1. The predicted molar refractivity (Wildman–Crippen MR) is 66.4 cm³/mol. The zero-order chi connectivity index (χ0) is 12.7. The first kappa shape index (κ1) is 13.6. The fourth-order valence-corrected chi connectivity index (χ4v) is 1.51. The Balaban J connectivity index is 2.35. The molecule has 0 aliphatic rings. The molecule has 1 rings (SSSR count). The number of pyridine rings is 1. The number of aliphatic hydroxyl groups is 1. The summed E-state index contributed by atoms with van der Waals surface area (Å²) in [6, 6.07) is 3.65. The van der Waals surface area contributed by atoms with Crippen molar-refractivity contribution >= 4 is 5.91 Å². The largest absolute Gasteiger partial charge is 0.394 e. The minimum atomic E-state index is -0.156. The number of aryl methyl sites for hydroxylation is 1. The summed E-state index contributed by atoms with van der Waals surface area (Å²) >= 11 is 0. The Labute approximate surface area is 102 Å². The maximum atomic E-state index is 11.6. The summed E-state index contributed by atoms with van der Waals surface area (Å²) in [5, 5.41) is 11.9. The first-order valence-corrected chi connectivity index (χ1v) is 5.92. The van der Waals surface area contributed by atoms with Gasteiger partial charge in [0.15, 0.2) is 0 Å². The van der Waals surface area contributed by atoms with E-state index in [-0.39, 0.29) is 24.5 Å². The maximum Gasteiger partial charge on any atom is 0.220 e. The molecule has 1 aromatic rings. The average Bonchev–Trinajstić information content (AvgIpc) is 2.34. The van der Waals surface area contributed by atoms with Crippen LogP contribution in [0.25, 0.3) is 0 Å². The molecule has 1 aromatic heterocycles. The Kier molecular flexibility index (Phi) is 5.63. The molecule has 0 aromatic carbocycles. The molecule has 94 valence electrons. The highest BCUT2D eigenvalue weighted by Gasteiger charge is 2.14. The van der Waals surface area contributed by atoms with Crippen molar-refractivity contribution in [3.8, 4) is 0 Å². The van der Waals surface area contributed by atoms with Crippen molar-refractivity contribution in [2.75, 3.05) is 6.61 Å². The predicted octanol–water partition coefficient (Wildman–Crippen LogP) is 1.15. The van der Waals surface area contributed by atoms with E-state index in [1.54, 1.807) is 12.4 Å². The Morgan fingerprint density at radius 1 is 1.53 bits per heavy atom. The van der Waals surface area contributed by atoms with Gasteiger partial charge in [0.25, 0.3) is 0 Å². The average molecular weight is 236 g/mol. The Morgan fingerprint density at radius 3 is 2.82 bits per heavy atom. The van der Waals surface area contributed by atoms with Gasteiger partial charge in [-0.3, -0.25) is 9.78 Å². The number of aromatic nitrogens is 1. The van der Waals surface area contributed by atoms with Gasteiger partial charge in [0, 0.05) is 18.8 Å². The van der Waals surface area contributed by atoms with Gasteiger partial charge in [0.1, 0.15) is 0 Å². The normalized spacial score (nSPS) is 12.5. The summed E-state index contributed by atoms with van der Waals surface area (Å²) in [6.45, 7) is 3.93. The molecule has 0 spiro atoms. The Bertz CT molecular complexity index is 339. The van der Waals surface area contributed by atoms with Crippen LogP contribution in [0.4, 0.5) is 0 Å². The number of rotatable bonds is 6. The SMILES string of the molecule is CC(C)C(CO)NC(=O)CCc1cccnc1. The quantitative estimate of drug-likeness (QED) is 0.778. The van der Waals surface area contributed by atoms with Gasteiger partial charge >= 0.3 is 0 Å². The molecule has 1 unspecified atom stereocenters. The molecule has 0 saturated heterocycles. The maximum absolute atomic E-state index is 11.6. The minimum Gasteiger partial charge on any atom is -0.394 e. The van der Waals surface area contributed by atoms with Gasteiger partial charge in [0.2, 0.25) is 5.91 Å². The second-order valence-corrected chi connectivity index (χ2v) is 4.46. The van der Waals surface area contributed by atoms with Crippen LogP contribution in [-0.2, 0) is 11.2 Å². The van der Waals surface area contributed by atoms with Crippen molar-refractivity contribution in [2.24, 2.45) is 5.92 Å². The highest BCUT2D eigenvalue weighted by molar-refractivity contribution is 5.76. The zero-order valence-corrected chi connectivity index (χ0v) is 10.4. The van der Waals surface area contributed by atoms with Gasteiger partial charge in [-0.15, -0.1) is 0 Å². The summed E-state index contributed by atoms with van der Waals surface area (Å²) in [5.74, 6) is 0.212.